The molecule has 2 nitrogen and oxygen atoms in total. The molecule has 0 spiro atoms. The summed E-state index contributed by atoms with van der Waals surface area (Å²) in [6.07, 6.45) is 3.73. The average molecular weight is 219 g/mol. The van der Waals surface area contributed by atoms with Crippen molar-refractivity contribution in [1.29, 1.82) is 0 Å². The van der Waals surface area contributed by atoms with Crippen molar-refractivity contribution in [3.05, 3.63) is 28.8 Å². The van der Waals surface area contributed by atoms with E-state index in [0.29, 0.717) is 0 Å². The molecule has 1 saturated carbocycles. The lowest BCUT2D eigenvalue weighted by Gasteiger charge is -2.42. The Morgan fingerprint density at radius 2 is 2.00 bits per heavy atom. The Kier molecular flexibility index (Phi) is 2.94. The van der Waals surface area contributed by atoms with E-state index in [0.717, 1.165) is 12.3 Å². The first-order valence-corrected chi connectivity index (χ1v) is 5.99. The molecule has 1 aliphatic carbocycles. The van der Waals surface area contributed by atoms with Gasteiger partial charge in [0.15, 0.2) is 0 Å². The standard InChI is InChI=1S/C14H21NO/c1-10-7-12(8-13(16-3)11(10)2)14(9-15)5-4-6-14/h7-8H,4-6,9,15H2,1-3H3. The predicted octanol–water partition coefficient (Wildman–Crippen LogP) is 2.69. The fraction of sp³-hybridized carbons (Fsp3) is 0.571. The third kappa shape index (κ3) is 1.61. The van der Waals surface area contributed by atoms with Gasteiger partial charge < -0.3 is 10.5 Å². The SMILES string of the molecule is COc1cc(C2(CN)CCC2)cc(C)c1C. The van der Waals surface area contributed by atoms with Crippen molar-refractivity contribution in [2.24, 2.45) is 5.73 Å². The second-order valence-corrected chi connectivity index (χ2v) is 4.96. The van der Waals surface area contributed by atoms with Crippen molar-refractivity contribution in [1.82, 2.24) is 0 Å². The van der Waals surface area contributed by atoms with Crippen LogP contribution in [0, 0.1) is 13.8 Å². The van der Waals surface area contributed by atoms with Gasteiger partial charge >= 0.3 is 0 Å². The van der Waals surface area contributed by atoms with E-state index in [2.05, 4.69) is 26.0 Å². The lowest BCUT2D eigenvalue weighted by molar-refractivity contribution is 0.252. The van der Waals surface area contributed by atoms with Crippen molar-refractivity contribution < 1.29 is 4.74 Å². The van der Waals surface area contributed by atoms with Crippen molar-refractivity contribution >= 4 is 0 Å². The minimum Gasteiger partial charge on any atom is -0.496 e. The molecule has 0 unspecified atom stereocenters. The topological polar surface area (TPSA) is 35.2 Å². The molecule has 0 aliphatic heterocycles. The zero-order chi connectivity index (χ0) is 11.8. The summed E-state index contributed by atoms with van der Waals surface area (Å²) in [5.74, 6) is 0.995. The van der Waals surface area contributed by atoms with E-state index < -0.39 is 0 Å². The van der Waals surface area contributed by atoms with Crippen LogP contribution in [0.3, 0.4) is 0 Å². The minimum atomic E-state index is 0.228. The van der Waals surface area contributed by atoms with Gasteiger partial charge in [0.25, 0.3) is 0 Å². The van der Waals surface area contributed by atoms with Gasteiger partial charge in [-0.2, -0.15) is 0 Å². The molecule has 2 heteroatoms. The molecule has 88 valence electrons. The zero-order valence-corrected chi connectivity index (χ0v) is 10.5. The van der Waals surface area contributed by atoms with E-state index in [9.17, 15) is 0 Å². The highest BCUT2D eigenvalue weighted by Gasteiger charge is 2.37. The summed E-state index contributed by atoms with van der Waals surface area (Å²) in [6, 6.07) is 4.46. The third-order valence-corrected chi connectivity index (χ3v) is 4.15. The van der Waals surface area contributed by atoms with E-state index in [1.807, 2.05) is 0 Å². The van der Waals surface area contributed by atoms with Gasteiger partial charge in [-0.1, -0.05) is 12.5 Å². The Bertz CT molecular complexity index is 388. The van der Waals surface area contributed by atoms with Gasteiger partial charge in [-0.25, -0.2) is 0 Å². The molecular formula is C14H21NO. The highest BCUT2D eigenvalue weighted by molar-refractivity contribution is 5.45. The minimum absolute atomic E-state index is 0.228. The lowest BCUT2D eigenvalue weighted by atomic mass is 9.64. The molecule has 2 N–H and O–H groups in total. The van der Waals surface area contributed by atoms with Crippen molar-refractivity contribution in [2.75, 3.05) is 13.7 Å². The van der Waals surface area contributed by atoms with Gasteiger partial charge in [0.2, 0.25) is 0 Å². The summed E-state index contributed by atoms with van der Waals surface area (Å²) in [6.45, 7) is 5.00. The molecule has 2 rings (SSSR count). The zero-order valence-electron chi connectivity index (χ0n) is 10.5. The molecule has 0 saturated heterocycles. The fourth-order valence-corrected chi connectivity index (χ4v) is 2.56. The van der Waals surface area contributed by atoms with Gasteiger partial charge in [0.1, 0.15) is 5.75 Å². The number of benzene rings is 1. The van der Waals surface area contributed by atoms with E-state index in [1.54, 1.807) is 7.11 Å². The Morgan fingerprint density at radius 3 is 2.44 bits per heavy atom. The van der Waals surface area contributed by atoms with Crippen LogP contribution < -0.4 is 10.5 Å². The highest BCUT2D eigenvalue weighted by atomic mass is 16.5. The van der Waals surface area contributed by atoms with Crippen LogP contribution in [0.1, 0.15) is 36.0 Å². The predicted molar refractivity (Wildman–Crippen MR) is 67.1 cm³/mol. The first kappa shape index (κ1) is 11.5. The van der Waals surface area contributed by atoms with Crippen LogP contribution in [0.2, 0.25) is 0 Å². The molecule has 0 amide bonds. The van der Waals surface area contributed by atoms with E-state index in [-0.39, 0.29) is 5.41 Å². The molecule has 0 atom stereocenters. The molecule has 1 aromatic carbocycles. The summed E-state index contributed by atoms with van der Waals surface area (Å²) >= 11 is 0. The van der Waals surface area contributed by atoms with Crippen LogP contribution in [0.15, 0.2) is 12.1 Å². The Balaban J connectivity index is 2.45. The maximum absolute atomic E-state index is 5.94. The number of methoxy groups -OCH3 is 1. The molecular weight excluding hydrogens is 198 g/mol. The fourth-order valence-electron chi connectivity index (χ4n) is 2.56. The normalized spacial score (nSPS) is 18.0. The third-order valence-electron chi connectivity index (χ3n) is 4.15. The quantitative estimate of drug-likeness (QED) is 0.848. The molecule has 1 aromatic rings. The number of hydrogen-bond acceptors (Lipinski definition) is 2. The van der Waals surface area contributed by atoms with Crippen molar-refractivity contribution in [2.45, 2.75) is 38.5 Å². The summed E-state index contributed by atoms with van der Waals surface area (Å²) in [4.78, 5) is 0. The second kappa shape index (κ2) is 4.10. The molecule has 1 fully saturated rings. The van der Waals surface area contributed by atoms with Crippen LogP contribution >= 0.6 is 0 Å². The molecule has 0 heterocycles. The maximum atomic E-state index is 5.94. The van der Waals surface area contributed by atoms with Gasteiger partial charge in [-0.05, 0) is 49.4 Å². The summed E-state index contributed by atoms with van der Waals surface area (Å²) in [7, 11) is 1.74. The van der Waals surface area contributed by atoms with Crippen LogP contribution in [0.5, 0.6) is 5.75 Å². The number of aryl methyl sites for hydroxylation is 1. The van der Waals surface area contributed by atoms with E-state index in [1.165, 1.54) is 36.0 Å². The van der Waals surface area contributed by atoms with Crippen LogP contribution in [0.25, 0.3) is 0 Å². The van der Waals surface area contributed by atoms with Gasteiger partial charge in [-0.15, -0.1) is 0 Å². The number of rotatable bonds is 3. The Morgan fingerprint density at radius 1 is 1.31 bits per heavy atom. The largest absolute Gasteiger partial charge is 0.496 e. The molecule has 1 aliphatic rings. The second-order valence-electron chi connectivity index (χ2n) is 4.96. The Hall–Kier alpha value is -1.02. The van der Waals surface area contributed by atoms with Crippen LogP contribution in [-0.4, -0.2) is 13.7 Å². The molecule has 0 aromatic heterocycles. The summed E-state index contributed by atoms with van der Waals surface area (Å²) < 4.78 is 5.43. The van der Waals surface area contributed by atoms with Gasteiger partial charge in [-0.3, -0.25) is 0 Å². The van der Waals surface area contributed by atoms with Crippen LogP contribution in [-0.2, 0) is 5.41 Å². The van der Waals surface area contributed by atoms with Crippen molar-refractivity contribution in [3.63, 3.8) is 0 Å². The number of hydrogen-bond donors (Lipinski definition) is 1. The molecule has 16 heavy (non-hydrogen) atoms. The molecule has 0 radical (unpaired) electrons. The summed E-state index contributed by atoms with van der Waals surface area (Å²) in [5, 5.41) is 0. The Labute approximate surface area is 97.8 Å². The van der Waals surface area contributed by atoms with Gasteiger partial charge in [0.05, 0.1) is 7.11 Å². The van der Waals surface area contributed by atoms with E-state index >= 15 is 0 Å². The monoisotopic (exact) mass is 219 g/mol. The average Bonchev–Trinajstić information content (AvgIpc) is 2.22. The maximum Gasteiger partial charge on any atom is 0.122 e. The smallest absolute Gasteiger partial charge is 0.122 e. The molecule has 0 bridgehead atoms. The first-order valence-electron chi connectivity index (χ1n) is 5.99. The van der Waals surface area contributed by atoms with Gasteiger partial charge in [0, 0.05) is 12.0 Å². The first-order chi connectivity index (χ1) is 7.63. The van der Waals surface area contributed by atoms with Crippen molar-refractivity contribution in [3.8, 4) is 5.75 Å². The highest BCUT2D eigenvalue weighted by Crippen LogP contribution is 2.44. The summed E-state index contributed by atoms with van der Waals surface area (Å²) in [5.41, 5.74) is 10.1. The number of nitrogens with two attached hydrogens (primary N) is 1. The lowest BCUT2D eigenvalue weighted by Crippen LogP contribution is -2.41. The number of ether oxygens (including phenoxy) is 1. The van der Waals surface area contributed by atoms with Crippen LogP contribution in [0.4, 0.5) is 0 Å². The van der Waals surface area contributed by atoms with E-state index in [4.69, 9.17) is 10.5 Å².